The third-order valence-corrected chi connectivity index (χ3v) is 3.39. The predicted molar refractivity (Wildman–Crippen MR) is 92.2 cm³/mol. The molecule has 0 aliphatic carbocycles. The summed E-state index contributed by atoms with van der Waals surface area (Å²) in [6.07, 6.45) is 0.267. The molecule has 2 rings (SSSR count). The van der Waals surface area contributed by atoms with Gasteiger partial charge in [0.1, 0.15) is 6.29 Å². The van der Waals surface area contributed by atoms with Crippen LogP contribution in [0.1, 0.15) is 17.3 Å². The number of hydrogen-bond acceptors (Lipinski definition) is 4. The van der Waals surface area contributed by atoms with Crippen molar-refractivity contribution in [3.8, 4) is 11.1 Å². The summed E-state index contributed by atoms with van der Waals surface area (Å²) in [6, 6.07) is 13.0. The van der Waals surface area contributed by atoms with E-state index in [0.29, 0.717) is 17.9 Å². The van der Waals surface area contributed by atoms with Gasteiger partial charge in [0.25, 0.3) is 0 Å². The van der Waals surface area contributed by atoms with Crippen LogP contribution in [0.2, 0.25) is 0 Å². The summed E-state index contributed by atoms with van der Waals surface area (Å²) < 4.78 is 4.92. The van der Waals surface area contributed by atoms with Gasteiger partial charge in [-0.2, -0.15) is 0 Å². The Bertz CT molecular complexity index is 694. The second kappa shape index (κ2) is 7.45. The number of aldehydes is 1. The Balaban J connectivity index is 2.41. The molecular formula is C18H20N2O3. The van der Waals surface area contributed by atoms with Gasteiger partial charge < -0.3 is 9.64 Å². The highest BCUT2D eigenvalue weighted by atomic mass is 16.5. The number of nitrogens with zero attached hydrogens (tertiary/aromatic N) is 1. The highest BCUT2D eigenvalue weighted by Crippen LogP contribution is 2.30. The monoisotopic (exact) mass is 312 g/mol. The lowest BCUT2D eigenvalue weighted by Gasteiger charge is -2.15. The van der Waals surface area contributed by atoms with Crippen LogP contribution < -0.4 is 10.2 Å². The number of anilines is 2. The van der Waals surface area contributed by atoms with Crippen molar-refractivity contribution < 1.29 is 14.3 Å². The number of benzene rings is 2. The summed E-state index contributed by atoms with van der Waals surface area (Å²) in [5, 5.41) is 2.71. The van der Waals surface area contributed by atoms with E-state index < -0.39 is 6.09 Å². The summed E-state index contributed by atoms with van der Waals surface area (Å²) >= 11 is 0. The number of nitrogens with one attached hydrogen (secondary N) is 1. The molecule has 0 fully saturated rings. The summed E-state index contributed by atoms with van der Waals surface area (Å²) in [5.74, 6) is 0. The summed E-state index contributed by atoms with van der Waals surface area (Å²) in [4.78, 5) is 24.7. The Morgan fingerprint density at radius 3 is 2.43 bits per heavy atom. The van der Waals surface area contributed by atoms with E-state index in [0.717, 1.165) is 23.1 Å². The Hall–Kier alpha value is -2.82. The molecule has 0 saturated carbocycles. The first-order valence-electron chi connectivity index (χ1n) is 7.36. The van der Waals surface area contributed by atoms with Crippen LogP contribution in [0, 0.1) is 0 Å². The van der Waals surface area contributed by atoms with E-state index in [1.807, 2.05) is 43.3 Å². The van der Waals surface area contributed by atoms with Gasteiger partial charge in [-0.1, -0.05) is 12.1 Å². The summed E-state index contributed by atoms with van der Waals surface area (Å²) in [7, 11) is 3.94. The number of rotatable bonds is 5. The van der Waals surface area contributed by atoms with Crippen LogP contribution in [0.4, 0.5) is 16.2 Å². The van der Waals surface area contributed by atoms with Crippen LogP contribution in [0.3, 0.4) is 0 Å². The van der Waals surface area contributed by atoms with Gasteiger partial charge in [-0.05, 0) is 42.8 Å². The highest BCUT2D eigenvalue weighted by Gasteiger charge is 2.10. The maximum Gasteiger partial charge on any atom is 0.411 e. The molecule has 2 aromatic rings. The van der Waals surface area contributed by atoms with E-state index in [2.05, 4.69) is 5.32 Å². The van der Waals surface area contributed by atoms with Gasteiger partial charge >= 0.3 is 6.09 Å². The third kappa shape index (κ3) is 4.10. The average Bonchev–Trinajstić information content (AvgIpc) is 2.55. The number of carbonyl (C=O) groups excluding carboxylic acids is 2. The summed E-state index contributed by atoms with van der Waals surface area (Å²) in [6.45, 7) is 2.04. The maximum atomic E-state index is 11.7. The molecule has 0 aromatic heterocycles. The maximum absolute atomic E-state index is 11.7. The zero-order valence-electron chi connectivity index (χ0n) is 13.5. The average molecular weight is 312 g/mol. The molecule has 1 N–H and O–H groups in total. The zero-order valence-corrected chi connectivity index (χ0v) is 13.5. The van der Waals surface area contributed by atoms with E-state index in [-0.39, 0.29) is 0 Å². The Labute approximate surface area is 135 Å². The molecular weight excluding hydrogens is 292 g/mol. The molecule has 2 aromatic carbocycles. The molecule has 0 unspecified atom stereocenters. The van der Waals surface area contributed by atoms with Crippen molar-refractivity contribution in [1.82, 2.24) is 0 Å². The summed E-state index contributed by atoms with van der Waals surface area (Å²) in [5.41, 5.74) is 3.90. The van der Waals surface area contributed by atoms with Crippen molar-refractivity contribution in [2.45, 2.75) is 6.92 Å². The molecule has 0 aliphatic heterocycles. The smallest absolute Gasteiger partial charge is 0.411 e. The molecule has 1 amide bonds. The standard InChI is InChI=1S/C18H20N2O3/c1-4-23-18(22)19-17-10-5-13(12-21)11-16(17)14-6-8-15(9-7-14)20(2)3/h5-12H,4H2,1-3H3,(H,19,22). The fourth-order valence-corrected chi connectivity index (χ4v) is 2.20. The first-order chi connectivity index (χ1) is 11.0. The van der Waals surface area contributed by atoms with Crippen LogP contribution in [0.5, 0.6) is 0 Å². The van der Waals surface area contributed by atoms with Crippen molar-refractivity contribution in [2.24, 2.45) is 0 Å². The first-order valence-corrected chi connectivity index (χ1v) is 7.36. The van der Waals surface area contributed by atoms with Gasteiger partial charge in [0.05, 0.1) is 12.3 Å². The molecule has 5 heteroatoms. The lowest BCUT2D eigenvalue weighted by atomic mass is 10.0. The molecule has 0 bridgehead atoms. The van der Waals surface area contributed by atoms with Crippen LogP contribution >= 0.6 is 0 Å². The topological polar surface area (TPSA) is 58.6 Å². The van der Waals surface area contributed by atoms with Crippen LogP contribution in [0.15, 0.2) is 42.5 Å². The fraction of sp³-hybridized carbons (Fsp3) is 0.222. The molecule has 0 aliphatic rings. The van der Waals surface area contributed by atoms with Gasteiger partial charge in [0.2, 0.25) is 0 Å². The Morgan fingerprint density at radius 2 is 1.87 bits per heavy atom. The van der Waals surface area contributed by atoms with Gasteiger partial charge in [-0.15, -0.1) is 0 Å². The largest absolute Gasteiger partial charge is 0.450 e. The van der Waals surface area contributed by atoms with Crippen molar-refractivity contribution in [3.63, 3.8) is 0 Å². The predicted octanol–water partition coefficient (Wildman–Crippen LogP) is 3.80. The van der Waals surface area contributed by atoms with Gasteiger partial charge in [0.15, 0.2) is 0 Å². The molecule has 0 saturated heterocycles. The quantitative estimate of drug-likeness (QED) is 0.853. The number of amides is 1. The molecule has 5 nitrogen and oxygen atoms in total. The van der Waals surface area contributed by atoms with E-state index in [9.17, 15) is 9.59 Å². The molecule has 0 atom stereocenters. The van der Waals surface area contributed by atoms with Crippen LogP contribution in [-0.2, 0) is 4.74 Å². The normalized spacial score (nSPS) is 10.0. The van der Waals surface area contributed by atoms with Gasteiger partial charge in [-0.3, -0.25) is 10.1 Å². The molecule has 120 valence electrons. The van der Waals surface area contributed by atoms with Crippen molar-refractivity contribution in [1.29, 1.82) is 0 Å². The van der Waals surface area contributed by atoms with E-state index in [1.54, 1.807) is 25.1 Å². The first kappa shape index (κ1) is 16.5. The lowest BCUT2D eigenvalue weighted by molar-refractivity contribution is 0.112. The van der Waals surface area contributed by atoms with Crippen LogP contribution in [-0.4, -0.2) is 33.1 Å². The highest BCUT2D eigenvalue weighted by molar-refractivity contribution is 5.93. The minimum Gasteiger partial charge on any atom is -0.450 e. The van der Waals surface area contributed by atoms with E-state index in [1.165, 1.54) is 0 Å². The second-order valence-electron chi connectivity index (χ2n) is 5.21. The Kier molecular flexibility index (Phi) is 5.36. The third-order valence-electron chi connectivity index (χ3n) is 3.39. The Morgan fingerprint density at radius 1 is 1.17 bits per heavy atom. The molecule has 0 heterocycles. The molecule has 0 spiro atoms. The minimum absolute atomic E-state index is 0.297. The van der Waals surface area contributed by atoms with Crippen molar-refractivity contribution in [2.75, 3.05) is 30.9 Å². The number of ether oxygens (including phenoxy) is 1. The van der Waals surface area contributed by atoms with E-state index >= 15 is 0 Å². The molecule has 23 heavy (non-hydrogen) atoms. The lowest BCUT2D eigenvalue weighted by Crippen LogP contribution is -2.14. The van der Waals surface area contributed by atoms with Crippen LogP contribution in [0.25, 0.3) is 11.1 Å². The minimum atomic E-state index is -0.516. The van der Waals surface area contributed by atoms with Gasteiger partial charge in [0, 0.05) is 30.9 Å². The number of hydrogen-bond donors (Lipinski definition) is 1. The van der Waals surface area contributed by atoms with Crippen molar-refractivity contribution >= 4 is 23.8 Å². The molecule has 0 radical (unpaired) electrons. The zero-order chi connectivity index (χ0) is 16.8. The second-order valence-corrected chi connectivity index (χ2v) is 5.21. The SMILES string of the molecule is CCOC(=O)Nc1ccc(C=O)cc1-c1ccc(N(C)C)cc1. The van der Waals surface area contributed by atoms with Crippen molar-refractivity contribution in [3.05, 3.63) is 48.0 Å². The van der Waals surface area contributed by atoms with E-state index in [4.69, 9.17) is 4.74 Å². The fourth-order valence-electron chi connectivity index (χ4n) is 2.20. The van der Waals surface area contributed by atoms with Gasteiger partial charge in [-0.25, -0.2) is 4.79 Å². The number of carbonyl (C=O) groups is 2.